The van der Waals surface area contributed by atoms with E-state index < -0.39 is 6.04 Å². The third-order valence-electron chi connectivity index (χ3n) is 4.33. The highest BCUT2D eigenvalue weighted by molar-refractivity contribution is 5.90. The Morgan fingerprint density at radius 1 is 1.37 bits per heavy atom. The fraction of sp³-hybridized carbons (Fsp3) is 0.190. The molecule has 9 nitrogen and oxygen atoms in total. The second-order valence-corrected chi connectivity index (χ2v) is 6.84. The highest BCUT2D eigenvalue weighted by Gasteiger charge is 2.24. The van der Waals surface area contributed by atoms with E-state index in [2.05, 4.69) is 20.4 Å². The molecule has 0 saturated carbocycles. The molecule has 3 N–H and O–H groups in total. The van der Waals surface area contributed by atoms with Gasteiger partial charge in [0.15, 0.2) is 12.2 Å². The lowest BCUT2D eigenvalue weighted by atomic mass is 9.93. The number of hydrogen-bond acceptors (Lipinski definition) is 8. The van der Waals surface area contributed by atoms with Crippen LogP contribution in [-0.2, 0) is 4.79 Å². The maximum atomic E-state index is 11.7. The Morgan fingerprint density at radius 3 is 2.97 bits per heavy atom. The van der Waals surface area contributed by atoms with Gasteiger partial charge in [-0.15, -0.1) is 5.10 Å². The van der Waals surface area contributed by atoms with Gasteiger partial charge >= 0.3 is 0 Å². The number of allylic oxidation sites excluding steroid dienone is 2. The SMILES string of the molecule is CC(C)Oc1cccc(-n2nc(NC3C=CC=C(c4cnco4)C3=C=O)nc2N)c1. The standard InChI is InChI=1S/C21H20N6O3/c1-13(2)30-15-6-3-5-14(9-15)27-20(22)25-21(26-27)24-18-8-4-7-16(17(18)11-28)19-10-23-12-29-19/h3-10,12-13,18H,1-2H3,(H3,22,24,25,26). The van der Waals surface area contributed by atoms with Gasteiger partial charge in [-0.1, -0.05) is 24.3 Å². The molecular formula is C21H20N6O3. The van der Waals surface area contributed by atoms with Gasteiger partial charge in [0.2, 0.25) is 11.9 Å². The summed E-state index contributed by atoms with van der Waals surface area (Å²) in [5, 5.41) is 7.54. The maximum absolute atomic E-state index is 11.7. The molecule has 152 valence electrons. The molecule has 0 spiro atoms. The van der Waals surface area contributed by atoms with Crippen LogP contribution >= 0.6 is 0 Å². The lowest BCUT2D eigenvalue weighted by Crippen LogP contribution is -2.23. The van der Waals surface area contributed by atoms with E-state index in [0.717, 1.165) is 0 Å². The van der Waals surface area contributed by atoms with E-state index in [0.29, 0.717) is 28.3 Å². The van der Waals surface area contributed by atoms with Crippen molar-refractivity contribution in [2.45, 2.75) is 26.0 Å². The van der Waals surface area contributed by atoms with E-state index in [9.17, 15) is 4.79 Å². The first-order valence-electron chi connectivity index (χ1n) is 9.34. The van der Waals surface area contributed by atoms with Crippen molar-refractivity contribution in [3.8, 4) is 11.4 Å². The molecule has 0 fully saturated rings. The van der Waals surface area contributed by atoms with Crippen molar-refractivity contribution in [1.82, 2.24) is 19.7 Å². The fourth-order valence-corrected chi connectivity index (χ4v) is 3.09. The molecule has 2 aromatic heterocycles. The fourth-order valence-electron chi connectivity index (χ4n) is 3.09. The molecule has 1 aromatic carbocycles. The number of ether oxygens (including phenoxy) is 1. The summed E-state index contributed by atoms with van der Waals surface area (Å²) in [6.07, 6.45) is 8.26. The summed E-state index contributed by atoms with van der Waals surface area (Å²) in [6, 6.07) is 6.90. The lowest BCUT2D eigenvalue weighted by molar-refractivity contribution is 0.242. The van der Waals surface area contributed by atoms with Gasteiger partial charge in [-0.2, -0.15) is 9.67 Å². The highest BCUT2D eigenvalue weighted by atomic mass is 16.5. The van der Waals surface area contributed by atoms with Crippen LogP contribution < -0.4 is 15.8 Å². The Labute approximate surface area is 172 Å². The minimum Gasteiger partial charge on any atom is -0.491 e. The Morgan fingerprint density at radius 2 is 2.23 bits per heavy atom. The normalized spacial score (nSPS) is 15.8. The molecule has 1 unspecified atom stereocenters. The number of nitrogens with one attached hydrogen (secondary N) is 1. The van der Waals surface area contributed by atoms with Gasteiger partial charge in [-0.05, 0) is 26.0 Å². The van der Waals surface area contributed by atoms with E-state index >= 15 is 0 Å². The summed E-state index contributed by atoms with van der Waals surface area (Å²) in [6.45, 7) is 3.91. The molecule has 0 aliphatic heterocycles. The maximum Gasteiger partial charge on any atom is 0.245 e. The number of nitrogen functional groups attached to an aromatic ring is 1. The predicted octanol–water partition coefficient (Wildman–Crippen LogP) is 2.82. The Balaban J connectivity index is 1.58. The molecule has 0 radical (unpaired) electrons. The Bertz CT molecular complexity index is 1150. The first kappa shape index (κ1) is 19.2. The molecule has 30 heavy (non-hydrogen) atoms. The number of carbonyl (C=O) groups excluding carboxylic acids is 1. The minimum atomic E-state index is -0.501. The topological polar surface area (TPSA) is 121 Å². The number of nitrogens with two attached hydrogens (primary N) is 1. The molecular weight excluding hydrogens is 384 g/mol. The van der Waals surface area contributed by atoms with Gasteiger partial charge in [0.05, 0.1) is 29.6 Å². The van der Waals surface area contributed by atoms with Crippen molar-refractivity contribution < 1.29 is 13.9 Å². The monoisotopic (exact) mass is 404 g/mol. The number of benzene rings is 1. The van der Waals surface area contributed by atoms with Gasteiger partial charge in [0.1, 0.15) is 11.7 Å². The predicted molar refractivity (Wildman–Crippen MR) is 112 cm³/mol. The van der Waals surface area contributed by atoms with Crippen LogP contribution in [0.1, 0.15) is 19.6 Å². The van der Waals surface area contributed by atoms with Crippen LogP contribution in [0.3, 0.4) is 0 Å². The molecule has 9 heteroatoms. The average Bonchev–Trinajstić information content (AvgIpc) is 3.37. The second-order valence-electron chi connectivity index (χ2n) is 6.84. The van der Waals surface area contributed by atoms with Gasteiger partial charge in [0, 0.05) is 11.6 Å². The quantitative estimate of drug-likeness (QED) is 0.602. The number of nitrogens with zero attached hydrogens (tertiary/aromatic N) is 4. The van der Waals surface area contributed by atoms with Crippen molar-refractivity contribution in [3.63, 3.8) is 0 Å². The van der Waals surface area contributed by atoms with Crippen LogP contribution in [0.5, 0.6) is 5.75 Å². The third-order valence-corrected chi connectivity index (χ3v) is 4.33. The number of aromatic nitrogens is 4. The summed E-state index contributed by atoms with van der Waals surface area (Å²) < 4.78 is 12.5. The first-order chi connectivity index (χ1) is 14.5. The minimum absolute atomic E-state index is 0.0452. The van der Waals surface area contributed by atoms with Gasteiger partial charge in [-0.3, -0.25) is 0 Å². The van der Waals surface area contributed by atoms with Crippen LogP contribution in [0.4, 0.5) is 11.9 Å². The van der Waals surface area contributed by atoms with Crippen molar-refractivity contribution in [3.05, 3.63) is 66.4 Å². The van der Waals surface area contributed by atoms with Crippen molar-refractivity contribution in [2.75, 3.05) is 11.1 Å². The van der Waals surface area contributed by atoms with Crippen molar-refractivity contribution >= 4 is 23.4 Å². The number of hydrogen-bond donors (Lipinski definition) is 2. The van der Waals surface area contributed by atoms with Crippen LogP contribution in [-0.4, -0.2) is 37.8 Å². The smallest absolute Gasteiger partial charge is 0.245 e. The molecule has 2 heterocycles. The van der Waals surface area contributed by atoms with Crippen LogP contribution in [0, 0.1) is 0 Å². The van der Waals surface area contributed by atoms with Crippen LogP contribution in [0.2, 0.25) is 0 Å². The first-order valence-corrected chi connectivity index (χ1v) is 9.34. The van der Waals surface area contributed by atoms with E-state index in [4.69, 9.17) is 14.9 Å². The number of oxazole rings is 1. The lowest BCUT2D eigenvalue weighted by Gasteiger charge is -2.18. The highest BCUT2D eigenvalue weighted by Crippen LogP contribution is 2.29. The molecule has 4 rings (SSSR count). The molecule has 1 atom stereocenters. The summed E-state index contributed by atoms with van der Waals surface area (Å²) in [7, 11) is 0. The van der Waals surface area contributed by atoms with E-state index in [1.54, 1.807) is 12.2 Å². The zero-order valence-corrected chi connectivity index (χ0v) is 16.4. The number of anilines is 2. The van der Waals surface area contributed by atoms with E-state index in [1.807, 2.05) is 50.1 Å². The molecule has 0 saturated heterocycles. The molecule has 0 bridgehead atoms. The van der Waals surface area contributed by atoms with E-state index in [1.165, 1.54) is 17.3 Å². The van der Waals surface area contributed by atoms with Crippen molar-refractivity contribution in [1.29, 1.82) is 0 Å². The zero-order valence-electron chi connectivity index (χ0n) is 16.4. The van der Waals surface area contributed by atoms with Gasteiger partial charge < -0.3 is 20.2 Å². The summed E-state index contributed by atoms with van der Waals surface area (Å²) in [5.41, 5.74) is 7.73. The third kappa shape index (κ3) is 3.87. The van der Waals surface area contributed by atoms with Crippen molar-refractivity contribution in [2.24, 2.45) is 0 Å². The average molecular weight is 404 g/mol. The molecule has 3 aromatic rings. The molecule has 1 aliphatic carbocycles. The molecule has 1 aliphatic rings. The zero-order chi connectivity index (χ0) is 21.1. The van der Waals surface area contributed by atoms with Crippen LogP contribution in [0.15, 0.2) is 65.1 Å². The number of rotatable bonds is 6. The van der Waals surface area contributed by atoms with E-state index in [-0.39, 0.29) is 18.0 Å². The van der Waals surface area contributed by atoms with Crippen LogP contribution in [0.25, 0.3) is 11.3 Å². The van der Waals surface area contributed by atoms with Gasteiger partial charge in [0.25, 0.3) is 0 Å². The Kier molecular flexibility index (Phi) is 5.19. The van der Waals surface area contributed by atoms with Gasteiger partial charge in [-0.25, -0.2) is 9.78 Å². The Hall–Kier alpha value is -4.10. The second kappa shape index (κ2) is 8.10. The summed E-state index contributed by atoms with van der Waals surface area (Å²) in [5.74, 6) is 3.62. The summed E-state index contributed by atoms with van der Waals surface area (Å²) in [4.78, 5) is 19.8. The molecule has 0 amide bonds. The largest absolute Gasteiger partial charge is 0.491 e. The summed E-state index contributed by atoms with van der Waals surface area (Å²) >= 11 is 0.